The molecule has 1 unspecified atom stereocenters. The van der Waals surface area contributed by atoms with Crippen LogP contribution in [0.4, 0.5) is 0 Å². The molecule has 2 fully saturated rings. The van der Waals surface area contributed by atoms with Crippen LogP contribution in [0.25, 0.3) is 0 Å². The molecular formula is C15H28N2O. The number of unbranched alkanes of at least 4 members (excludes halogenated alkanes) is 1. The minimum absolute atomic E-state index is 0.316. The van der Waals surface area contributed by atoms with Gasteiger partial charge in [-0.05, 0) is 31.1 Å². The van der Waals surface area contributed by atoms with Crippen molar-refractivity contribution < 1.29 is 4.79 Å². The molecule has 1 amide bonds. The summed E-state index contributed by atoms with van der Waals surface area (Å²) >= 11 is 0. The predicted octanol–water partition coefficient (Wildman–Crippen LogP) is 2.76. The van der Waals surface area contributed by atoms with Gasteiger partial charge >= 0.3 is 0 Å². The summed E-state index contributed by atoms with van der Waals surface area (Å²) in [6.45, 7) is 6.05. The number of amides is 1. The van der Waals surface area contributed by atoms with E-state index in [9.17, 15) is 4.79 Å². The molecule has 2 rings (SSSR count). The Balaban J connectivity index is 1.78. The quantitative estimate of drug-likeness (QED) is 0.737. The van der Waals surface area contributed by atoms with Gasteiger partial charge in [0, 0.05) is 6.54 Å². The Morgan fingerprint density at radius 2 is 2.00 bits per heavy atom. The highest BCUT2D eigenvalue weighted by molar-refractivity contribution is 5.80. The standard InChI is InChI=1S/C15H28N2O/c1-12(2)7-5-6-10-17-14(18)11-16-15(17)13-8-3-4-9-13/h12-13,15-16H,3-11H2,1-2H3. The maximum atomic E-state index is 11.9. The summed E-state index contributed by atoms with van der Waals surface area (Å²) in [4.78, 5) is 14.1. The zero-order valence-electron chi connectivity index (χ0n) is 12.0. The van der Waals surface area contributed by atoms with Crippen molar-refractivity contribution in [1.29, 1.82) is 0 Å². The van der Waals surface area contributed by atoms with Gasteiger partial charge in [-0.3, -0.25) is 10.1 Å². The van der Waals surface area contributed by atoms with Gasteiger partial charge in [0.1, 0.15) is 0 Å². The van der Waals surface area contributed by atoms with Crippen LogP contribution in [0.3, 0.4) is 0 Å². The lowest BCUT2D eigenvalue weighted by atomic mass is 10.0. The fraction of sp³-hybridized carbons (Fsp3) is 0.933. The van der Waals surface area contributed by atoms with E-state index in [0.29, 0.717) is 24.5 Å². The summed E-state index contributed by atoms with van der Waals surface area (Å²) in [5.41, 5.74) is 0. The second-order valence-corrected chi connectivity index (χ2v) is 6.35. The van der Waals surface area contributed by atoms with Gasteiger partial charge in [0.05, 0.1) is 12.7 Å². The monoisotopic (exact) mass is 252 g/mol. The largest absolute Gasteiger partial charge is 0.326 e. The topological polar surface area (TPSA) is 32.3 Å². The third-order valence-corrected chi connectivity index (χ3v) is 4.40. The molecule has 0 aromatic heterocycles. The van der Waals surface area contributed by atoms with Gasteiger partial charge in [-0.2, -0.15) is 0 Å². The number of rotatable bonds is 6. The second kappa shape index (κ2) is 6.55. The maximum Gasteiger partial charge on any atom is 0.237 e. The summed E-state index contributed by atoms with van der Waals surface area (Å²) in [5.74, 6) is 1.81. The Kier molecular flexibility index (Phi) is 5.04. The summed E-state index contributed by atoms with van der Waals surface area (Å²) in [6, 6.07) is 0. The number of hydrogen-bond donors (Lipinski definition) is 1. The Hall–Kier alpha value is -0.570. The molecule has 0 spiro atoms. The van der Waals surface area contributed by atoms with E-state index in [0.717, 1.165) is 18.9 Å². The third-order valence-electron chi connectivity index (χ3n) is 4.40. The van der Waals surface area contributed by atoms with E-state index in [1.54, 1.807) is 0 Å². The van der Waals surface area contributed by atoms with Gasteiger partial charge in [0.15, 0.2) is 0 Å². The van der Waals surface area contributed by atoms with Crippen molar-refractivity contribution in [1.82, 2.24) is 10.2 Å². The highest BCUT2D eigenvalue weighted by Gasteiger charge is 2.36. The SMILES string of the molecule is CC(C)CCCCN1C(=O)CNC1C1CCCC1. The van der Waals surface area contributed by atoms with E-state index in [2.05, 4.69) is 24.1 Å². The van der Waals surface area contributed by atoms with Gasteiger partial charge in [-0.15, -0.1) is 0 Å². The Morgan fingerprint density at radius 3 is 2.67 bits per heavy atom. The van der Waals surface area contributed by atoms with E-state index < -0.39 is 0 Å². The summed E-state index contributed by atoms with van der Waals surface area (Å²) in [5, 5.41) is 3.42. The fourth-order valence-electron chi connectivity index (χ4n) is 3.35. The lowest BCUT2D eigenvalue weighted by molar-refractivity contribution is -0.128. The highest BCUT2D eigenvalue weighted by atomic mass is 16.2. The van der Waals surface area contributed by atoms with E-state index in [-0.39, 0.29) is 0 Å². The minimum atomic E-state index is 0.316. The summed E-state index contributed by atoms with van der Waals surface area (Å²) in [7, 11) is 0. The molecule has 3 heteroatoms. The number of nitrogens with one attached hydrogen (secondary N) is 1. The van der Waals surface area contributed by atoms with Gasteiger partial charge in [0.25, 0.3) is 0 Å². The van der Waals surface area contributed by atoms with E-state index in [1.807, 2.05) is 0 Å². The lowest BCUT2D eigenvalue weighted by Gasteiger charge is -2.29. The number of carbonyl (C=O) groups excluding carboxylic acids is 1. The first kappa shape index (κ1) is 13.9. The van der Waals surface area contributed by atoms with E-state index in [4.69, 9.17) is 0 Å². The fourth-order valence-corrected chi connectivity index (χ4v) is 3.35. The molecule has 0 aromatic rings. The number of nitrogens with zero attached hydrogens (tertiary/aromatic N) is 1. The average Bonchev–Trinajstić information content (AvgIpc) is 2.94. The molecule has 1 atom stereocenters. The van der Waals surface area contributed by atoms with Crippen LogP contribution in [-0.2, 0) is 4.79 Å². The summed E-state index contributed by atoms with van der Waals surface area (Å²) in [6.07, 6.45) is 9.33. The van der Waals surface area contributed by atoms with Crippen LogP contribution < -0.4 is 5.32 Å². The molecule has 1 saturated carbocycles. The maximum absolute atomic E-state index is 11.9. The van der Waals surface area contributed by atoms with Gasteiger partial charge in [-0.25, -0.2) is 0 Å². The number of carbonyl (C=O) groups is 1. The Labute approximate surface area is 111 Å². The molecule has 1 heterocycles. The predicted molar refractivity (Wildman–Crippen MR) is 74.2 cm³/mol. The molecule has 104 valence electrons. The minimum Gasteiger partial charge on any atom is -0.326 e. The molecule has 0 radical (unpaired) electrons. The molecule has 3 nitrogen and oxygen atoms in total. The normalized spacial score (nSPS) is 25.6. The first-order valence-corrected chi connectivity index (χ1v) is 7.71. The average molecular weight is 252 g/mol. The zero-order chi connectivity index (χ0) is 13.0. The summed E-state index contributed by atoms with van der Waals surface area (Å²) < 4.78 is 0. The van der Waals surface area contributed by atoms with Crippen molar-refractivity contribution in [3.63, 3.8) is 0 Å². The smallest absolute Gasteiger partial charge is 0.237 e. The highest BCUT2D eigenvalue weighted by Crippen LogP contribution is 2.31. The van der Waals surface area contributed by atoms with Crippen molar-refractivity contribution in [3.8, 4) is 0 Å². The van der Waals surface area contributed by atoms with Crippen molar-refractivity contribution in [2.45, 2.75) is 65.0 Å². The van der Waals surface area contributed by atoms with Crippen LogP contribution in [-0.4, -0.2) is 30.1 Å². The first-order valence-electron chi connectivity index (χ1n) is 7.71. The van der Waals surface area contributed by atoms with Crippen molar-refractivity contribution in [2.24, 2.45) is 11.8 Å². The molecular weight excluding hydrogens is 224 g/mol. The first-order chi connectivity index (χ1) is 8.68. The van der Waals surface area contributed by atoms with Crippen molar-refractivity contribution >= 4 is 5.91 Å². The number of hydrogen-bond acceptors (Lipinski definition) is 2. The molecule has 1 aliphatic heterocycles. The van der Waals surface area contributed by atoms with Gasteiger partial charge < -0.3 is 4.90 Å². The Bertz CT molecular complexity index is 272. The Morgan fingerprint density at radius 1 is 1.28 bits per heavy atom. The van der Waals surface area contributed by atoms with E-state index >= 15 is 0 Å². The van der Waals surface area contributed by atoms with Crippen molar-refractivity contribution in [3.05, 3.63) is 0 Å². The zero-order valence-corrected chi connectivity index (χ0v) is 12.0. The van der Waals surface area contributed by atoms with Crippen LogP contribution in [0, 0.1) is 11.8 Å². The van der Waals surface area contributed by atoms with Crippen molar-refractivity contribution in [2.75, 3.05) is 13.1 Å². The lowest BCUT2D eigenvalue weighted by Crippen LogP contribution is -2.42. The third kappa shape index (κ3) is 3.47. The van der Waals surface area contributed by atoms with Crippen LogP contribution in [0.15, 0.2) is 0 Å². The van der Waals surface area contributed by atoms with Gasteiger partial charge in [0.2, 0.25) is 5.91 Å². The molecule has 0 aromatic carbocycles. The van der Waals surface area contributed by atoms with Crippen LogP contribution >= 0.6 is 0 Å². The van der Waals surface area contributed by atoms with Crippen LogP contribution in [0.1, 0.15) is 58.8 Å². The second-order valence-electron chi connectivity index (χ2n) is 6.35. The van der Waals surface area contributed by atoms with Gasteiger partial charge in [-0.1, -0.05) is 39.5 Å². The van der Waals surface area contributed by atoms with Crippen LogP contribution in [0.2, 0.25) is 0 Å². The molecule has 1 saturated heterocycles. The molecule has 18 heavy (non-hydrogen) atoms. The molecule has 1 aliphatic carbocycles. The van der Waals surface area contributed by atoms with E-state index in [1.165, 1.54) is 38.5 Å². The molecule has 2 aliphatic rings. The molecule has 1 N–H and O–H groups in total. The van der Waals surface area contributed by atoms with Crippen LogP contribution in [0.5, 0.6) is 0 Å². The molecule has 0 bridgehead atoms.